The van der Waals surface area contributed by atoms with Crippen LogP contribution in [0.2, 0.25) is 0 Å². The first-order chi connectivity index (χ1) is 7.19. The van der Waals surface area contributed by atoms with Crippen molar-refractivity contribution in [1.29, 1.82) is 0 Å². The van der Waals surface area contributed by atoms with Crippen LogP contribution in [0.1, 0.15) is 12.1 Å². The van der Waals surface area contributed by atoms with Crippen LogP contribution < -0.4 is 5.32 Å². The molecule has 1 amide bonds. The lowest BCUT2D eigenvalue weighted by atomic mass is 10.5. The van der Waals surface area contributed by atoms with Gasteiger partial charge in [0.25, 0.3) is 0 Å². The third-order valence-corrected chi connectivity index (χ3v) is 3.09. The number of aliphatic hydroxyl groups excluding tert-OH is 1. The minimum Gasteiger partial charge on any atom is -0.390 e. The summed E-state index contributed by atoms with van der Waals surface area (Å²) < 4.78 is 1.83. The van der Waals surface area contributed by atoms with Gasteiger partial charge in [0.2, 0.25) is 5.91 Å². The van der Waals surface area contributed by atoms with Crippen molar-refractivity contribution >= 4 is 17.7 Å². The fraction of sp³-hybridized carbons (Fsp3) is 0.556. The highest BCUT2D eigenvalue weighted by Crippen LogP contribution is 2.17. The van der Waals surface area contributed by atoms with Crippen LogP contribution in [0.3, 0.4) is 0 Å². The Labute approximate surface area is 92.9 Å². The van der Waals surface area contributed by atoms with Crippen LogP contribution >= 0.6 is 11.8 Å². The molecule has 1 aromatic heterocycles. The van der Waals surface area contributed by atoms with Crippen LogP contribution in [0.15, 0.2) is 11.4 Å². The molecule has 5 nitrogen and oxygen atoms in total. The summed E-state index contributed by atoms with van der Waals surface area (Å²) in [6.07, 6.45) is 2.12. The van der Waals surface area contributed by atoms with Crippen molar-refractivity contribution in [2.24, 2.45) is 7.05 Å². The highest BCUT2D eigenvalue weighted by atomic mass is 32.2. The molecule has 0 radical (unpaired) electrons. The van der Waals surface area contributed by atoms with Crippen LogP contribution in [-0.2, 0) is 18.4 Å². The zero-order valence-electron chi connectivity index (χ0n) is 8.86. The van der Waals surface area contributed by atoms with Crippen molar-refractivity contribution in [2.75, 3.05) is 12.8 Å². The number of nitrogens with one attached hydrogen (secondary N) is 1. The Hall–Kier alpha value is -1.01. The monoisotopic (exact) mass is 229 g/mol. The number of rotatable bonds is 5. The number of carbonyl (C=O) groups excluding carboxylic acids is 1. The molecule has 0 saturated heterocycles. The molecule has 0 aliphatic rings. The molecule has 0 aliphatic heterocycles. The van der Waals surface area contributed by atoms with Gasteiger partial charge in [-0.25, -0.2) is 4.98 Å². The van der Waals surface area contributed by atoms with Crippen molar-refractivity contribution in [3.63, 3.8) is 0 Å². The second kappa shape index (κ2) is 5.77. The van der Waals surface area contributed by atoms with E-state index in [1.54, 1.807) is 13.2 Å². The summed E-state index contributed by atoms with van der Waals surface area (Å²) in [7, 11) is 3.47. The number of aliphatic hydroxyl groups is 1. The van der Waals surface area contributed by atoms with Gasteiger partial charge in [0.15, 0.2) is 5.16 Å². The summed E-state index contributed by atoms with van der Waals surface area (Å²) in [6, 6.07) is 0. The van der Waals surface area contributed by atoms with Crippen LogP contribution in [0, 0.1) is 0 Å². The van der Waals surface area contributed by atoms with Gasteiger partial charge >= 0.3 is 0 Å². The maximum Gasteiger partial charge on any atom is 0.220 e. The molecule has 0 atom stereocenters. The topological polar surface area (TPSA) is 67.2 Å². The molecule has 0 fully saturated rings. The largest absolute Gasteiger partial charge is 0.390 e. The average molecular weight is 229 g/mol. The second-order valence-electron chi connectivity index (χ2n) is 3.02. The molecule has 1 aromatic rings. The smallest absolute Gasteiger partial charge is 0.220 e. The summed E-state index contributed by atoms with van der Waals surface area (Å²) in [6.45, 7) is -0.0144. The molecule has 0 unspecified atom stereocenters. The SMILES string of the molecule is CNC(=O)CCSc1ncc(CO)n1C. The minimum atomic E-state index is -0.0144. The van der Waals surface area contributed by atoms with E-state index in [1.165, 1.54) is 11.8 Å². The zero-order valence-corrected chi connectivity index (χ0v) is 9.67. The Morgan fingerprint density at radius 2 is 2.47 bits per heavy atom. The first-order valence-corrected chi connectivity index (χ1v) is 5.62. The molecule has 0 aliphatic carbocycles. The molecule has 0 spiro atoms. The summed E-state index contributed by atoms with van der Waals surface area (Å²) in [5, 5.41) is 12.3. The number of aromatic nitrogens is 2. The first-order valence-electron chi connectivity index (χ1n) is 4.64. The zero-order chi connectivity index (χ0) is 11.3. The molecule has 0 bridgehead atoms. The van der Waals surface area contributed by atoms with Gasteiger partial charge in [0.1, 0.15) is 0 Å². The van der Waals surface area contributed by atoms with Gasteiger partial charge in [-0.15, -0.1) is 0 Å². The predicted molar refractivity (Wildman–Crippen MR) is 58.5 cm³/mol. The Balaban J connectivity index is 2.44. The maximum absolute atomic E-state index is 11.0. The number of imidazole rings is 1. The van der Waals surface area contributed by atoms with E-state index in [4.69, 9.17) is 5.11 Å². The summed E-state index contributed by atoms with van der Waals surface area (Å²) >= 11 is 1.51. The molecule has 84 valence electrons. The molecular formula is C9H15N3O2S. The number of hydrogen-bond acceptors (Lipinski definition) is 4. The number of hydrogen-bond donors (Lipinski definition) is 2. The third kappa shape index (κ3) is 3.24. The fourth-order valence-corrected chi connectivity index (χ4v) is 1.97. The van der Waals surface area contributed by atoms with E-state index in [-0.39, 0.29) is 12.5 Å². The average Bonchev–Trinajstić information content (AvgIpc) is 2.60. The molecule has 1 heterocycles. The number of nitrogens with zero attached hydrogens (tertiary/aromatic N) is 2. The van der Waals surface area contributed by atoms with Gasteiger partial charge in [-0.3, -0.25) is 4.79 Å². The van der Waals surface area contributed by atoms with Gasteiger partial charge in [0, 0.05) is 26.3 Å². The van der Waals surface area contributed by atoms with E-state index in [1.807, 2.05) is 11.6 Å². The van der Waals surface area contributed by atoms with E-state index >= 15 is 0 Å². The van der Waals surface area contributed by atoms with Crippen molar-refractivity contribution in [2.45, 2.75) is 18.2 Å². The number of thioether (sulfide) groups is 1. The van der Waals surface area contributed by atoms with Gasteiger partial charge in [0.05, 0.1) is 18.5 Å². The lowest BCUT2D eigenvalue weighted by Gasteiger charge is -2.03. The molecule has 6 heteroatoms. The Kier molecular flexibility index (Phi) is 4.64. The van der Waals surface area contributed by atoms with Crippen LogP contribution in [0.25, 0.3) is 0 Å². The number of amides is 1. The first kappa shape index (κ1) is 12.1. The van der Waals surface area contributed by atoms with Crippen LogP contribution in [-0.4, -0.2) is 33.4 Å². The molecule has 15 heavy (non-hydrogen) atoms. The standard InChI is InChI=1S/C9H15N3O2S/c1-10-8(14)3-4-15-9-11-5-7(6-13)12(9)2/h5,13H,3-4,6H2,1-2H3,(H,10,14). The summed E-state index contributed by atoms with van der Waals surface area (Å²) in [5.41, 5.74) is 0.775. The van der Waals surface area contributed by atoms with E-state index < -0.39 is 0 Å². The van der Waals surface area contributed by atoms with E-state index in [0.29, 0.717) is 12.2 Å². The van der Waals surface area contributed by atoms with Crippen molar-refractivity contribution in [1.82, 2.24) is 14.9 Å². The highest BCUT2D eigenvalue weighted by molar-refractivity contribution is 7.99. The maximum atomic E-state index is 11.0. The summed E-state index contributed by atoms with van der Waals surface area (Å²) in [5.74, 6) is 0.717. The fourth-order valence-electron chi connectivity index (χ4n) is 1.07. The molecule has 0 aromatic carbocycles. The second-order valence-corrected chi connectivity index (χ2v) is 4.08. The van der Waals surface area contributed by atoms with E-state index in [0.717, 1.165) is 10.9 Å². The Morgan fingerprint density at radius 3 is 3.00 bits per heavy atom. The molecule has 0 saturated carbocycles. The molecular weight excluding hydrogens is 214 g/mol. The Morgan fingerprint density at radius 1 is 1.73 bits per heavy atom. The summed E-state index contributed by atoms with van der Waals surface area (Å²) in [4.78, 5) is 15.1. The normalized spacial score (nSPS) is 10.3. The van der Waals surface area contributed by atoms with Gasteiger partial charge in [-0.1, -0.05) is 11.8 Å². The molecule has 2 N–H and O–H groups in total. The van der Waals surface area contributed by atoms with Crippen molar-refractivity contribution < 1.29 is 9.90 Å². The lowest BCUT2D eigenvalue weighted by Crippen LogP contribution is -2.17. The predicted octanol–water partition coefficient (Wildman–Crippen LogP) is 0.141. The minimum absolute atomic E-state index is 0.0144. The van der Waals surface area contributed by atoms with Gasteiger partial charge < -0.3 is 15.0 Å². The lowest BCUT2D eigenvalue weighted by molar-refractivity contribution is -0.120. The van der Waals surface area contributed by atoms with Gasteiger partial charge in [-0.05, 0) is 0 Å². The quantitative estimate of drug-likeness (QED) is 0.705. The van der Waals surface area contributed by atoms with Crippen molar-refractivity contribution in [3.8, 4) is 0 Å². The van der Waals surface area contributed by atoms with Crippen LogP contribution in [0.4, 0.5) is 0 Å². The van der Waals surface area contributed by atoms with E-state index in [2.05, 4.69) is 10.3 Å². The van der Waals surface area contributed by atoms with E-state index in [9.17, 15) is 4.79 Å². The third-order valence-electron chi connectivity index (χ3n) is 2.04. The number of carbonyl (C=O) groups is 1. The van der Waals surface area contributed by atoms with Crippen molar-refractivity contribution in [3.05, 3.63) is 11.9 Å². The Bertz CT molecular complexity index is 338. The van der Waals surface area contributed by atoms with Gasteiger partial charge in [-0.2, -0.15) is 0 Å². The molecule has 1 rings (SSSR count). The van der Waals surface area contributed by atoms with Crippen LogP contribution in [0.5, 0.6) is 0 Å². The highest BCUT2D eigenvalue weighted by Gasteiger charge is 2.06.